The maximum Gasteiger partial charge on any atom is 0.119 e. The summed E-state index contributed by atoms with van der Waals surface area (Å²) in [4.78, 5) is 0. The zero-order valence-corrected chi connectivity index (χ0v) is 10.1. The van der Waals surface area contributed by atoms with Crippen LogP contribution < -0.4 is 10.5 Å². The molecule has 3 nitrogen and oxygen atoms in total. The lowest BCUT2D eigenvalue weighted by Crippen LogP contribution is -2.32. The molecule has 0 atom stereocenters. The van der Waals surface area contributed by atoms with Crippen LogP contribution in [-0.4, -0.2) is 23.9 Å². The molecule has 0 aromatic heterocycles. The molecule has 16 heavy (non-hydrogen) atoms. The minimum absolute atomic E-state index is 0.0448. The van der Waals surface area contributed by atoms with Crippen LogP contribution in [0.25, 0.3) is 0 Å². The maximum absolute atomic E-state index is 8.62. The lowest BCUT2D eigenvalue weighted by Gasteiger charge is -2.18. The van der Waals surface area contributed by atoms with Gasteiger partial charge < -0.3 is 15.6 Å². The first-order chi connectivity index (χ1) is 7.51. The monoisotopic (exact) mass is 223 g/mol. The van der Waals surface area contributed by atoms with E-state index in [4.69, 9.17) is 15.6 Å². The third-order valence-corrected chi connectivity index (χ3v) is 2.34. The average molecular weight is 223 g/mol. The van der Waals surface area contributed by atoms with E-state index in [-0.39, 0.29) is 12.1 Å². The van der Waals surface area contributed by atoms with Crippen molar-refractivity contribution in [1.29, 1.82) is 0 Å². The number of aliphatic hydroxyl groups excluding tert-OH is 1. The van der Waals surface area contributed by atoms with Gasteiger partial charge in [0.15, 0.2) is 0 Å². The molecule has 0 radical (unpaired) electrons. The summed E-state index contributed by atoms with van der Waals surface area (Å²) in [6.45, 7) is 4.45. The molecule has 0 aliphatic carbocycles. The minimum atomic E-state index is -0.119. The molecule has 0 amide bonds. The fraction of sp³-hybridized carbons (Fsp3) is 0.538. The molecule has 90 valence electrons. The number of benzene rings is 1. The summed E-state index contributed by atoms with van der Waals surface area (Å²) in [5.74, 6) is 0.796. The molecular weight excluding hydrogens is 202 g/mol. The van der Waals surface area contributed by atoms with Crippen molar-refractivity contribution in [3.63, 3.8) is 0 Å². The highest BCUT2D eigenvalue weighted by molar-refractivity contribution is 5.27. The second kappa shape index (κ2) is 5.87. The Labute approximate surface area is 97.2 Å². The molecule has 0 unspecified atom stereocenters. The predicted molar refractivity (Wildman–Crippen MR) is 65.6 cm³/mol. The van der Waals surface area contributed by atoms with Crippen LogP contribution in [0.1, 0.15) is 25.8 Å². The number of nitrogens with two attached hydrogens (primary N) is 1. The highest BCUT2D eigenvalue weighted by Crippen LogP contribution is 2.15. The summed E-state index contributed by atoms with van der Waals surface area (Å²) >= 11 is 0. The van der Waals surface area contributed by atoms with Crippen molar-refractivity contribution in [1.82, 2.24) is 0 Å². The van der Waals surface area contributed by atoms with Crippen molar-refractivity contribution in [2.24, 2.45) is 5.73 Å². The topological polar surface area (TPSA) is 55.5 Å². The second-order valence-corrected chi connectivity index (χ2v) is 4.70. The van der Waals surface area contributed by atoms with Crippen LogP contribution in [0.2, 0.25) is 0 Å². The van der Waals surface area contributed by atoms with Gasteiger partial charge in [-0.15, -0.1) is 0 Å². The smallest absolute Gasteiger partial charge is 0.119 e. The van der Waals surface area contributed by atoms with Gasteiger partial charge in [-0.3, -0.25) is 0 Å². The van der Waals surface area contributed by atoms with Crippen molar-refractivity contribution in [3.05, 3.63) is 29.8 Å². The Morgan fingerprint density at radius 2 is 1.88 bits per heavy atom. The Morgan fingerprint density at radius 3 is 2.38 bits per heavy atom. The number of aliphatic hydroxyl groups is 1. The number of hydrogen-bond donors (Lipinski definition) is 2. The Bertz CT molecular complexity index is 301. The Hall–Kier alpha value is -1.06. The van der Waals surface area contributed by atoms with Crippen LogP contribution in [0.5, 0.6) is 5.75 Å². The number of ether oxygens (including phenoxy) is 1. The van der Waals surface area contributed by atoms with E-state index in [1.54, 1.807) is 0 Å². The molecule has 0 saturated heterocycles. The van der Waals surface area contributed by atoms with Crippen LogP contribution in [0.4, 0.5) is 0 Å². The van der Waals surface area contributed by atoms with E-state index in [2.05, 4.69) is 0 Å². The number of rotatable bonds is 6. The van der Waals surface area contributed by atoms with Crippen LogP contribution in [-0.2, 0) is 6.42 Å². The van der Waals surface area contributed by atoms with Crippen LogP contribution in [0.15, 0.2) is 24.3 Å². The molecule has 3 heteroatoms. The SMILES string of the molecule is CC(C)(N)CCc1ccc(OCCO)cc1. The highest BCUT2D eigenvalue weighted by atomic mass is 16.5. The Balaban J connectivity index is 2.45. The lowest BCUT2D eigenvalue weighted by atomic mass is 9.97. The van der Waals surface area contributed by atoms with E-state index in [1.807, 2.05) is 38.1 Å². The molecule has 0 fully saturated rings. The van der Waals surface area contributed by atoms with E-state index in [9.17, 15) is 0 Å². The van der Waals surface area contributed by atoms with E-state index >= 15 is 0 Å². The molecule has 0 spiro atoms. The minimum Gasteiger partial charge on any atom is -0.491 e. The van der Waals surface area contributed by atoms with Gasteiger partial charge in [-0.05, 0) is 44.4 Å². The van der Waals surface area contributed by atoms with Crippen LogP contribution >= 0.6 is 0 Å². The molecule has 1 rings (SSSR count). The summed E-state index contributed by atoms with van der Waals surface area (Å²) in [5, 5.41) is 8.62. The summed E-state index contributed by atoms with van der Waals surface area (Å²) in [6, 6.07) is 7.93. The van der Waals surface area contributed by atoms with Crippen LogP contribution in [0.3, 0.4) is 0 Å². The van der Waals surface area contributed by atoms with Gasteiger partial charge in [-0.2, -0.15) is 0 Å². The summed E-state index contributed by atoms with van der Waals surface area (Å²) in [6.07, 6.45) is 1.94. The van der Waals surface area contributed by atoms with Gasteiger partial charge in [0.1, 0.15) is 12.4 Å². The molecule has 0 aliphatic rings. The molecule has 3 N–H and O–H groups in total. The Morgan fingerprint density at radius 1 is 1.25 bits per heavy atom. The van der Waals surface area contributed by atoms with Gasteiger partial charge in [0.25, 0.3) is 0 Å². The first kappa shape index (κ1) is 13.0. The third-order valence-electron chi connectivity index (χ3n) is 2.34. The molecule has 0 bridgehead atoms. The molecule has 0 saturated carbocycles. The lowest BCUT2D eigenvalue weighted by molar-refractivity contribution is 0.201. The highest BCUT2D eigenvalue weighted by Gasteiger charge is 2.10. The van der Waals surface area contributed by atoms with Gasteiger partial charge in [0.05, 0.1) is 6.61 Å². The van der Waals surface area contributed by atoms with Gasteiger partial charge >= 0.3 is 0 Å². The maximum atomic E-state index is 8.62. The van der Waals surface area contributed by atoms with E-state index in [0.29, 0.717) is 6.61 Å². The average Bonchev–Trinajstić information content (AvgIpc) is 2.24. The molecule has 0 heterocycles. The van der Waals surface area contributed by atoms with Crippen molar-refractivity contribution in [3.8, 4) is 5.75 Å². The van der Waals surface area contributed by atoms with Crippen molar-refractivity contribution < 1.29 is 9.84 Å². The van der Waals surface area contributed by atoms with Crippen molar-refractivity contribution in [2.45, 2.75) is 32.2 Å². The van der Waals surface area contributed by atoms with E-state index in [0.717, 1.165) is 18.6 Å². The van der Waals surface area contributed by atoms with E-state index in [1.165, 1.54) is 5.56 Å². The zero-order valence-electron chi connectivity index (χ0n) is 10.1. The standard InChI is InChI=1S/C13H21NO2/c1-13(2,14)8-7-11-3-5-12(6-4-11)16-10-9-15/h3-6,15H,7-10,14H2,1-2H3. The fourth-order valence-electron chi connectivity index (χ4n) is 1.38. The van der Waals surface area contributed by atoms with Crippen molar-refractivity contribution in [2.75, 3.05) is 13.2 Å². The van der Waals surface area contributed by atoms with Gasteiger partial charge in [0, 0.05) is 5.54 Å². The first-order valence-corrected chi connectivity index (χ1v) is 5.63. The number of hydrogen-bond acceptors (Lipinski definition) is 3. The Kier molecular flexibility index (Phi) is 4.77. The quantitative estimate of drug-likeness (QED) is 0.772. The normalized spacial score (nSPS) is 11.5. The van der Waals surface area contributed by atoms with Gasteiger partial charge in [0.2, 0.25) is 0 Å². The van der Waals surface area contributed by atoms with Crippen LogP contribution in [0, 0.1) is 0 Å². The summed E-state index contributed by atoms with van der Waals surface area (Å²) in [5.41, 5.74) is 7.07. The summed E-state index contributed by atoms with van der Waals surface area (Å²) < 4.78 is 5.28. The van der Waals surface area contributed by atoms with E-state index < -0.39 is 0 Å². The molecule has 0 aliphatic heterocycles. The molecular formula is C13H21NO2. The van der Waals surface area contributed by atoms with Gasteiger partial charge in [-0.25, -0.2) is 0 Å². The van der Waals surface area contributed by atoms with Crippen molar-refractivity contribution >= 4 is 0 Å². The fourth-order valence-corrected chi connectivity index (χ4v) is 1.38. The number of aryl methyl sites for hydroxylation is 1. The first-order valence-electron chi connectivity index (χ1n) is 5.63. The second-order valence-electron chi connectivity index (χ2n) is 4.70. The largest absolute Gasteiger partial charge is 0.491 e. The predicted octanol–water partition coefficient (Wildman–Crippen LogP) is 1.73. The van der Waals surface area contributed by atoms with Gasteiger partial charge in [-0.1, -0.05) is 12.1 Å². The summed E-state index contributed by atoms with van der Waals surface area (Å²) in [7, 11) is 0. The third kappa shape index (κ3) is 5.14. The molecule has 1 aromatic carbocycles. The zero-order chi connectivity index (χ0) is 12.0. The molecule has 1 aromatic rings.